The van der Waals surface area contributed by atoms with Gasteiger partial charge in [-0.1, -0.05) is 0 Å². The molecule has 2 N–H and O–H groups in total. The third-order valence-electron chi connectivity index (χ3n) is 2.47. The highest BCUT2D eigenvalue weighted by Crippen LogP contribution is 2.19. The van der Waals surface area contributed by atoms with Gasteiger partial charge in [-0.05, 0) is 26.3 Å². The van der Waals surface area contributed by atoms with E-state index in [1.165, 1.54) is 6.42 Å². The van der Waals surface area contributed by atoms with E-state index in [1.807, 2.05) is 0 Å². The zero-order chi connectivity index (χ0) is 10.3. The fourth-order valence-corrected chi connectivity index (χ4v) is 1.67. The molecule has 0 aromatic rings. The monoisotopic (exact) mass is 203 g/mol. The average molecular weight is 203 g/mol. The summed E-state index contributed by atoms with van der Waals surface area (Å²) in [5.74, 6) is 0. The maximum atomic E-state index is 8.49. The van der Waals surface area contributed by atoms with E-state index in [-0.39, 0.29) is 12.2 Å². The Morgan fingerprint density at radius 3 is 2.86 bits per heavy atom. The molecule has 0 aliphatic carbocycles. The lowest BCUT2D eigenvalue weighted by molar-refractivity contribution is -0.0699. The lowest BCUT2D eigenvalue weighted by Gasteiger charge is -2.34. The van der Waals surface area contributed by atoms with Crippen LogP contribution in [0, 0.1) is 0 Å². The van der Waals surface area contributed by atoms with Gasteiger partial charge in [0.2, 0.25) is 0 Å². The minimum absolute atomic E-state index is 0.0270. The summed E-state index contributed by atoms with van der Waals surface area (Å²) in [6.45, 7) is 5.81. The molecule has 1 fully saturated rings. The van der Waals surface area contributed by atoms with E-state index >= 15 is 0 Å². The Morgan fingerprint density at radius 2 is 2.21 bits per heavy atom. The Bertz CT molecular complexity index is 146. The summed E-state index contributed by atoms with van der Waals surface area (Å²) >= 11 is 0. The van der Waals surface area contributed by atoms with Gasteiger partial charge in [-0.15, -0.1) is 0 Å². The van der Waals surface area contributed by atoms with Gasteiger partial charge in [0.25, 0.3) is 0 Å². The third kappa shape index (κ3) is 4.37. The molecular formula is C10H21NO3. The van der Waals surface area contributed by atoms with Crippen molar-refractivity contribution in [3.8, 4) is 0 Å². The van der Waals surface area contributed by atoms with Crippen molar-refractivity contribution in [3.63, 3.8) is 0 Å². The van der Waals surface area contributed by atoms with Crippen molar-refractivity contribution >= 4 is 0 Å². The molecule has 1 aliphatic rings. The molecule has 0 saturated carbocycles. The maximum Gasteiger partial charge on any atom is 0.0779 e. The molecule has 14 heavy (non-hydrogen) atoms. The fraction of sp³-hybridized carbons (Fsp3) is 1.00. The van der Waals surface area contributed by atoms with Crippen LogP contribution in [0.1, 0.15) is 19.8 Å². The predicted molar refractivity (Wildman–Crippen MR) is 54.4 cm³/mol. The molecule has 1 rings (SSSR count). The molecule has 1 atom stereocenters. The average Bonchev–Trinajstić information content (AvgIpc) is 2.18. The Hall–Kier alpha value is -0.160. The summed E-state index contributed by atoms with van der Waals surface area (Å²) in [6, 6.07) is 0. The Balaban J connectivity index is 2.03. The topological polar surface area (TPSA) is 50.7 Å². The maximum absolute atomic E-state index is 8.49. The molecule has 0 radical (unpaired) electrons. The van der Waals surface area contributed by atoms with Crippen molar-refractivity contribution in [2.75, 3.05) is 39.5 Å². The van der Waals surface area contributed by atoms with Crippen LogP contribution >= 0.6 is 0 Å². The molecule has 1 unspecified atom stereocenters. The summed E-state index contributed by atoms with van der Waals surface area (Å²) < 4.78 is 10.9. The number of ether oxygens (including phenoxy) is 2. The van der Waals surface area contributed by atoms with Gasteiger partial charge in [0.1, 0.15) is 0 Å². The third-order valence-corrected chi connectivity index (χ3v) is 2.47. The number of piperidine rings is 1. The van der Waals surface area contributed by atoms with E-state index in [9.17, 15) is 0 Å². The number of aliphatic hydroxyl groups excluding tert-OH is 1. The standard InChI is InChI=1S/C10H21NO3/c1-10(3-2-4-11-9-10)14-8-7-13-6-5-12/h11-12H,2-9H2,1H3. The van der Waals surface area contributed by atoms with Gasteiger partial charge in [-0.2, -0.15) is 0 Å². The first-order valence-electron chi connectivity index (χ1n) is 5.30. The zero-order valence-electron chi connectivity index (χ0n) is 8.92. The van der Waals surface area contributed by atoms with Gasteiger partial charge < -0.3 is 19.9 Å². The second-order valence-corrected chi connectivity index (χ2v) is 3.91. The Morgan fingerprint density at radius 1 is 1.36 bits per heavy atom. The molecule has 1 saturated heterocycles. The quantitative estimate of drug-likeness (QED) is 0.604. The molecule has 84 valence electrons. The van der Waals surface area contributed by atoms with Crippen LogP contribution in [0.5, 0.6) is 0 Å². The largest absolute Gasteiger partial charge is 0.394 e. The van der Waals surface area contributed by atoms with Crippen LogP contribution in [-0.4, -0.2) is 50.2 Å². The van der Waals surface area contributed by atoms with Crippen LogP contribution in [0.25, 0.3) is 0 Å². The molecule has 0 spiro atoms. The van der Waals surface area contributed by atoms with E-state index in [1.54, 1.807) is 0 Å². The molecule has 0 aromatic carbocycles. The van der Waals surface area contributed by atoms with Gasteiger partial charge in [0.15, 0.2) is 0 Å². The summed E-state index contributed by atoms with van der Waals surface area (Å²) in [5, 5.41) is 11.8. The van der Waals surface area contributed by atoms with Crippen molar-refractivity contribution in [1.82, 2.24) is 5.32 Å². The number of aliphatic hydroxyl groups is 1. The van der Waals surface area contributed by atoms with Gasteiger partial charge in [0, 0.05) is 6.54 Å². The van der Waals surface area contributed by atoms with Crippen molar-refractivity contribution in [1.29, 1.82) is 0 Å². The minimum Gasteiger partial charge on any atom is -0.394 e. The molecule has 4 heteroatoms. The molecule has 4 nitrogen and oxygen atoms in total. The summed E-state index contributed by atoms with van der Waals surface area (Å²) in [6.07, 6.45) is 2.29. The first-order chi connectivity index (χ1) is 6.77. The van der Waals surface area contributed by atoms with Crippen molar-refractivity contribution in [2.24, 2.45) is 0 Å². The molecule has 0 aromatic heterocycles. The summed E-state index contributed by atoms with van der Waals surface area (Å²) in [5.41, 5.74) is -0.0270. The Labute approximate surface area is 85.6 Å². The van der Waals surface area contributed by atoms with E-state index in [0.717, 1.165) is 19.5 Å². The van der Waals surface area contributed by atoms with Gasteiger partial charge in [-0.25, -0.2) is 0 Å². The number of hydrogen-bond acceptors (Lipinski definition) is 4. The summed E-state index contributed by atoms with van der Waals surface area (Å²) in [4.78, 5) is 0. The summed E-state index contributed by atoms with van der Waals surface area (Å²) in [7, 11) is 0. The second kappa shape index (κ2) is 6.35. The van der Waals surface area contributed by atoms with Crippen molar-refractivity contribution in [3.05, 3.63) is 0 Å². The smallest absolute Gasteiger partial charge is 0.0779 e. The van der Waals surface area contributed by atoms with Crippen LogP contribution in [0.3, 0.4) is 0 Å². The highest BCUT2D eigenvalue weighted by Gasteiger charge is 2.26. The molecular weight excluding hydrogens is 182 g/mol. The molecule has 1 heterocycles. The van der Waals surface area contributed by atoms with E-state index < -0.39 is 0 Å². The van der Waals surface area contributed by atoms with Crippen molar-refractivity contribution < 1.29 is 14.6 Å². The molecule has 0 amide bonds. The van der Waals surface area contributed by atoms with E-state index in [4.69, 9.17) is 14.6 Å². The van der Waals surface area contributed by atoms with Crippen LogP contribution in [0.4, 0.5) is 0 Å². The van der Waals surface area contributed by atoms with Crippen LogP contribution < -0.4 is 5.32 Å². The van der Waals surface area contributed by atoms with Gasteiger partial charge >= 0.3 is 0 Å². The van der Waals surface area contributed by atoms with Crippen molar-refractivity contribution in [2.45, 2.75) is 25.4 Å². The van der Waals surface area contributed by atoms with E-state index in [0.29, 0.717) is 19.8 Å². The highest BCUT2D eigenvalue weighted by atomic mass is 16.5. The first kappa shape index (κ1) is 11.9. The van der Waals surface area contributed by atoms with Crippen LogP contribution in [0.15, 0.2) is 0 Å². The van der Waals surface area contributed by atoms with E-state index in [2.05, 4.69) is 12.2 Å². The second-order valence-electron chi connectivity index (χ2n) is 3.91. The predicted octanol–water partition coefficient (Wildman–Crippen LogP) is 0.154. The lowest BCUT2D eigenvalue weighted by atomic mass is 9.96. The SMILES string of the molecule is CC1(OCCOCCO)CCCNC1. The molecule has 0 bridgehead atoms. The van der Waals surface area contributed by atoms with Crippen LogP contribution in [0.2, 0.25) is 0 Å². The number of hydrogen-bond donors (Lipinski definition) is 2. The fourth-order valence-electron chi connectivity index (χ4n) is 1.67. The van der Waals surface area contributed by atoms with Gasteiger partial charge in [0.05, 0.1) is 32.0 Å². The highest BCUT2D eigenvalue weighted by molar-refractivity contribution is 4.82. The zero-order valence-corrected chi connectivity index (χ0v) is 8.92. The van der Waals surface area contributed by atoms with Crippen LogP contribution in [-0.2, 0) is 9.47 Å². The minimum atomic E-state index is -0.0270. The van der Waals surface area contributed by atoms with Gasteiger partial charge in [-0.3, -0.25) is 0 Å². The number of rotatable bonds is 6. The normalized spacial score (nSPS) is 27.9. The lowest BCUT2D eigenvalue weighted by Crippen LogP contribution is -2.45. The number of nitrogens with one attached hydrogen (secondary N) is 1. The Kier molecular flexibility index (Phi) is 5.40. The first-order valence-corrected chi connectivity index (χ1v) is 5.30. The molecule has 1 aliphatic heterocycles.